The first-order chi connectivity index (χ1) is 12.7. The topological polar surface area (TPSA) is 79.1 Å². The molecule has 4 rings (SSSR count). The number of aromatic nitrogens is 4. The van der Waals surface area contributed by atoms with E-state index >= 15 is 0 Å². The summed E-state index contributed by atoms with van der Waals surface area (Å²) in [6.07, 6.45) is 3.96. The molecular weight excluding hydrogens is 330 g/mol. The first kappa shape index (κ1) is 17.1. The molecular formula is C19H25N5O2. The Balaban J connectivity index is 1.44. The number of para-hydroxylation sites is 2. The van der Waals surface area contributed by atoms with Crippen molar-refractivity contribution in [3.8, 4) is 0 Å². The van der Waals surface area contributed by atoms with Gasteiger partial charge in [0.15, 0.2) is 0 Å². The van der Waals surface area contributed by atoms with Gasteiger partial charge in [-0.15, -0.1) is 0 Å². The first-order valence-electron chi connectivity index (χ1n) is 9.21. The Morgan fingerprint density at radius 2 is 2.04 bits per heavy atom. The first-order valence-corrected chi connectivity index (χ1v) is 9.21. The van der Waals surface area contributed by atoms with Gasteiger partial charge in [-0.25, -0.2) is 4.79 Å². The molecule has 26 heavy (non-hydrogen) atoms. The summed E-state index contributed by atoms with van der Waals surface area (Å²) < 4.78 is 3.74. The second-order valence-corrected chi connectivity index (χ2v) is 7.05. The molecule has 0 atom stereocenters. The zero-order chi connectivity index (χ0) is 18.1. The van der Waals surface area contributed by atoms with Crippen molar-refractivity contribution in [1.82, 2.24) is 24.2 Å². The highest BCUT2D eigenvalue weighted by Crippen LogP contribution is 2.26. The number of rotatable bonds is 5. The Hall–Kier alpha value is -2.38. The molecule has 1 aliphatic rings. The van der Waals surface area contributed by atoms with Crippen LogP contribution >= 0.6 is 0 Å². The summed E-state index contributed by atoms with van der Waals surface area (Å²) in [4.78, 5) is 17.8. The van der Waals surface area contributed by atoms with Gasteiger partial charge in [-0.3, -0.25) is 14.1 Å². The van der Waals surface area contributed by atoms with Crippen LogP contribution in [0.3, 0.4) is 0 Å². The quantitative estimate of drug-likeness (QED) is 0.730. The standard InChI is InChI=1S/C19H25N5O2/c1-14-15(13-23(21-14)10-11-25)12-22-8-6-16(7-9-22)24-18-5-3-2-4-17(18)20-19(24)26/h2-5,13,16,25H,6-12H2,1H3,(H,20,26). The van der Waals surface area contributed by atoms with E-state index in [-0.39, 0.29) is 18.3 Å². The van der Waals surface area contributed by atoms with Crippen molar-refractivity contribution >= 4 is 11.0 Å². The number of H-pyrrole nitrogens is 1. The van der Waals surface area contributed by atoms with Crippen molar-refractivity contribution in [1.29, 1.82) is 0 Å². The third-order valence-electron chi connectivity index (χ3n) is 5.32. The van der Waals surface area contributed by atoms with Gasteiger partial charge in [0.25, 0.3) is 0 Å². The molecule has 1 saturated heterocycles. The maximum Gasteiger partial charge on any atom is 0.326 e. The van der Waals surface area contributed by atoms with Crippen molar-refractivity contribution in [3.05, 3.63) is 52.2 Å². The zero-order valence-corrected chi connectivity index (χ0v) is 15.1. The van der Waals surface area contributed by atoms with Crippen LogP contribution in [0.1, 0.15) is 30.1 Å². The van der Waals surface area contributed by atoms with E-state index in [0.29, 0.717) is 6.54 Å². The molecule has 1 fully saturated rings. The summed E-state index contributed by atoms with van der Waals surface area (Å²) in [6.45, 7) is 5.44. The molecule has 2 aromatic heterocycles. The number of aromatic amines is 1. The lowest BCUT2D eigenvalue weighted by Gasteiger charge is -2.32. The Morgan fingerprint density at radius 1 is 1.27 bits per heavy atom. The molecule has 1 aromatic carbocycles. The van der Waals surface area contributed by atoms with Crippen LogP contribution in [0.4, 0.5) is 0 Å². The molecule has 0 saturated carbocycles. The second-order valence-electron chi connectivity index (χ2n) is 7.05. The Kier molecular flexibility index (Phi) is 4.65. The van der Waals surface area contributed by atoms with E-state index in [1.165, 1.54) is 5.56 Å². The van der Waals surface area contributed by atoms with Crippen molar-refractivity contribution in [2.45, 2.75) is 38.9 Å². The minimum Gasteiger partial charge on any atom is -0.394 e. The smallest absolute Gasteiger partial charge is 0.326 e. The number of hydrogen-bond donors (Lipinski definition) is 2. The number of benzene rings is 1. The summed E-state index contributed by atoms with van der Waals surface area (Å²) in [5, 5.41) is 13.5. The van der Waals surface area contributed by atoms with Crippen LogP contribution in [0, 0.1) is 6.92 Å². The highest BCUT2D eigenvalue weighted by Gasteiger charge is 2.24. The molecule has 3 heterocycles. The van der Waals surface area contributed by atoms with Crippen molar-refractivity contribution in [2.24, 2.45) is 0 Å². The van der Waals surface area contributed by atoms with Crippen LogP contribution in [0.15, 0.2) is 35.3 Å². The largest absolute Gasteiger partial charge is 0.394 e. The molecule has 0 spiro atoms. The Labute approximate surface area is 151 Å². The fourth-order valence-electron chi connectivity index (χ4n) is 3.94. The molecule has 7 nitrogen and oxygen atoms in total. The van der Waals surface area contributed by atoms with Gasteiger partial charge in [0.2, 0.25) is 0 Å². The monoisotopic (exact) mass is 355 g/mol. The molecule has 0 bridgehead atoms. The van der Waals surface area contributed by atoms with Crippen molar-refractivity contribution in [2.75, 3.05) is 19.7 Å². The lowest BCUT2D eigenvalue weighted by Crippen LogP contribution is -2.36. The zero-order valence-electron chi connectivity index (χ0n) is 15.1. The van der Waals surface area contributed by atoms with Gasteiger partial charge >= 0.3 is 5.69 Å². The van der Waals surface area contributed by atoms with E-state index in [2.05, 4.69) is 15.0 Å². The van der Waals surface area contributed by atoms with E-state index in [9.17, 15) is 4.79 Å². The predicted octanol–water partition coefficient (Wildman–Crippen LogP) is 1.66. The van der Waals surface area contributed by atoms with E-state index in [1.54, 1.807) is 0 Å². The normalized spacial score (nSPS) is 16.5. The van der Waals surface area contributed by atoms with Crippen molar-refractivity contribution in [3.63, 3.8) is 0 Å². The van der Waals surface area contributed by atoms with E-state index in [4.69, 9.17) is 5.11 Å². The lowest BCUT2D eigenvalue weighted by molar-refractivity contribution is 0.179. The van der Waals surface area contributed by atoms with Crippen LogP contribution < -0.4 is 5.69 Å². The highest BCUT2D eigenvalue weighted by atomic mass is 16.3. The van der Waals surface area contributed by atoms with Gasteiger partial charge in [0.05, 0.1) is 29.9 Å². The summed E-state index contributed by atoms with van der Waals surface area (Å²) in [5.41, 5.74) is 4.13. The number of aryl methyl sites for hydroxylation is 1. The molecule has 3 aromatic rings. The van der Waals surface area contributed by atoms with E-state index < -0.39 is 0 Å². The third kappa shape index (κ3) is 3.20. The van der Waals surface area contributed by atoms with Gasteiger partial charge in [-0.2, -0.15) is 5.10 Å². The van der Waals surface area contributed by atoms with Crippen LogP contribution in [0.2, 0.25) is 0 Å². The number of imidazole rings is 1. The number of piperidine rings is 1. The Bertz CT molecular complexity index is 946. The molecule has 0 aliphatic carbocycles. The number of nitrogens with zero attached hydrogens (tertiary/aromatic N) is 4. The number of aliphatic hydroxyl groups excluding tert-OH is 1. The van der Waals surface area contributed by atoms with Gasteiger partial charge in [-0.1, -0.05) is 12.1 Å². The van der Waals surface area contributed by atoms with Gasteiger partial charge in [-0.05, 0) is 31.9 Å². The molecule has 7 heteroatoms. The van der Waals surface area contributed by atoms with Gasteiger partial charge in [0, 0.05) is 37.4 Å². The summed E-state index contributed by atoms with van der Waals surface area (Å²) in [5.74, 6) is 0. The third-order valence-corrected chi connectivity index (χ3v) is 5.32. The summed E-state index contributed by atoms with van der Waals surface area (Å²) in [6, 6.07) is 8.14. The van der Waals surface area contributed by atoms with Crippen LogP contribution in [-0.2, 0) is 13.1 Å². The molecule has 138 valence electrons. The second kappa shape index (κ2) is 7.09. The Morgan fingerprint density at radius 3 is 2.81 bits per heavy atom. The van der Waals surface area contributed by atoms with Crippen molar-refractivity contribution < 1.29 is 5.11 Å². The molecule has 1 aliphatic heterocycles. The van der Waals surface area contributed by atoms with Crippen LogP contribution in [0.5, 0.6) is 0 Å². The number of hydrogen-bond acceptors (Lipinski definition) is 4. The maximum atomic E-state index is 12.4. The van der Waals surface area contributed by atoms with Crippen LogP contribution in [0.25, 0.3) is 11.0 Å². The number of likely N-dealkylation sites (tertiary alicyclic amines) is 1. The highest BCUT2D eigenvalue weighted by molar-refractivity contribution is 5.75. The van der Waals surface area contributed by atoms with E-state index in [0.717, 1.165) is 49.2 Å². The molecule has 2 N–H and O–H groups in total. The lowest BCUT2D eigenvalue weighted by atomic mass is 10.0. The minimum atomic E-state index is -0.00854. The van der Waals surface area contributed by atoms with Gasteiger partial charge < -0.3 is 10.1 Å². The number of nitrogens with one attached hydrogen (secondary N) is 1. The summed E-state index contributed by atoms with van der Waals surface area (Å²) >= 11 is 0. The average molecular weight is 355 g/mol. The predicted molar refractivity (Wildman–Crippen MR) is 100 cm³/mol. The molecule has 0 radical (unpaired) electrons. The van der Waals surface area contributed by atoms with Gasteiger partial charge in [0.1, 0.15) is 0 Å². The molecule has 0 amide bonds. The number of fused-ring (bicyclic) bond motifs is 1. The average Bonchev–Trinajstić information content (AvgIpc) is 3.15. The maximum absolute atomic E-state index is 12.4. The SMILES string of the molecule is Cc1nn(CCO)cc1CN1CCC(n2c(=O)[nH]c3ccccc32)CC1. The summed E-state index contributed by atoms with van der Waals surface area (Å²) in [7, 11) is 0. The fourth-order valence-corrected chi connectivity index (χ4v) is 3.94. The van der Waals surface area contributed by atoms with Crippen LogP contribution in [-0.4, -0.2) is 49.0 Å². The fraction of sp³-hybridized carbons (Fsp3) is 0.474. The molecule has 0 unspecified atom stereocenters. The number of aliphatic hydroxyl groups is 1. The van der Waals surface area contributed by atoms with E-state index in [1.807, 2.05) is 46.6 Å². The minimum absolute atomic E-state index is 0.00854.